The van der Waals surface area contributed by atoms with Crippen LogP contribution in [0.2, 0.25) is 0 Å². The summed E-state index contributed by atoms with van der Waals surface area (Å²) in [5.74, 6) is 2.31. The summed E-state index contributed by atoms with van der Waals surface area (Å²) in [5.41, 5.74) is 0. The molecule has 0 saturated heterocycles. The van der Waals surface area contributed by atoms with E-state index in [1.807, 2.05) is 6.08 Å². The maximum absolute atomic E-state index is 10.2. The maximum Gasteiger partial charge on any atom is 0.0568 e. The molecule has 0 spiro atoms. The Bertz CT molecular complexity index is 214. The molecule has 0 aromatic carbocycles. The van der Waals surface area contributed by atoms with Crippen LogP contribution in [0.3, 0.4) is 0 Å². The number of hydrogen-bond donors (Lipinski definition) is 1. The van der Waals surface area contributed by atoms with Crippen LogP contribution in [-0.2, 0) is 0 Å². The van der Waals surface area contributed by atoms with Gasteiger partial charge in [0.05, 0.1) is 6.10 Å². The molecule has 106 valence electrons. The number of aliphatic hydroxyl groups excluding tert-OH is 1. The largest absolute Gasteiger partial charge is 0.393 e. The van der Waals surface area contributed by atoms with Crippen LogP contribution in [0.1, 0.15) is 71.6 Å². The highest BCUT2D eigenvalue weighted by molar-refractivity contribution is 4.78. The van der Waals surface area contributed by atoms with E-state index in [9.17, 15) is 5.11 Å². The van der Waals surface area contributed by atoms with Gasteiger partial charge in [-0.05, 0) is 62.7 Å². The summed E-state index contributed by atoms with van der Waals surface area (Å²) < 4.78 is 0. The fraction of sp³-hybridized carbons (Fsp3) is 0.882. The number of aliphatic hydroxyl groups is 1. The highest BCUT2D eigenvalue weighted by Crippen LogP contribution is 2.35. The zero-order chi connectivity index (χ0) is 13.4. The van der Waals surface area contributed by atoms with E-state index in [1.54, 1.807) is 0 Å². The molecule has 0 aromatic rings. The fourth-order valence-electron chi connectivity index (χ4n) is 3.25. The molecule has 0 radical (unpaired) electrons. The first kappa shape index (κ1) is 15.8. The van der Waals surface area contributed by atoms with E-state index >= 15 is 0 Å². The molecular weight excluding hydrogens is 220 g/mol. The van der Waals surface area contributed by atoms with Crippen molar-refractivity contribution in [2.24, 2.45) is 17.8 Å². The van der Waals surface area contributed by atoms with Gasteiger partial charge in [-0.1, -0.05) is 32.8 Å². The smallest absolute Gasteiger partial charge is 0.0568 e. The van der Waals surface area contributed by atoms with Crippen molar-refractivity contribution in [3.05, 3.63) is 12.7 Å². The Morgan fingerprint density at radius 2 is 1.67 bits per heavy atom. The minimum absolute atomic E-state index is 0.0400. The Morgan fingerprint density at radius 3 is 2.22 bits per heavy atom. The molecule has 1 rings (SSSR count). The van der Waals surface area contributed by atoms with Crippen molar-refractivity contribution in [2.75, 3.05) is 0 Å². The fourth-order valence-corrected chi connectivity index (χ4v) is 3.25. The Morgan fingerprint density at radius 1 is 1.06 bits per heavy atom. The van der Waals surface area contributed by atoms with Gasteiger partial charge in [0.2, 0.25) is 0 Å². The second-order valence-electron chi connectivity index (χ2n) is 6.41. The minimum atomic E-state index is -0.0400. The molecule has 1 atom stereocenters. The van der Waals surface area contributed by atoms with Gasteiger partial charge in [-0.15, -0.1) is 6.58 Å². The van der Waals surface area contributed by atoms with Crippen LogP contribution in [-0.4, -0.2) is 11.2 Å². The molecule has 0 amide bonds. The Kier molecular flexibility index (Phi) is 7.65. The molecule has 1 aliphatic rings. The summed E-state index contributed by atoms with van der Waals surface area (Å²) >= 11 is 0. The standard InChI is InChI=1S/C17H32O/c1-4-5-6-7-8-9-17(18)16-12-10-15(11-13-16)14(2)3/h4,14-18H,1,5-13H2,2-3H3. The highest BCUT2D eigenvalue weighted by Gasteiger charge is 2.27. The quantitative estimate of drug-likeness (QED) is 0.479. The van der Waals surface area contributed by atoms with Crippen molar-refractivity contribution in [2.45, 2.75) is 77.7 Å². The second kappa shape index (κ2) is 8.74. The zero-order valence-electron chi connectivity index (χ0n) is 12.4. The summed E-state index contributed by atoms with van der Waals surface area (Å²) in [7, 11) is 0. The van der Waals surface area contributed by atoms with Gasteiger partial charge in [-0.3, -0.25) is 0 Å². The lowest BCUT2D eigenvalue weighted by molar-refractivity contribution is 0.0588. The summed E-state index contributed by atoms with van der Waals surface area (Å²) in [6, 6.07) is 0. The summed E-state index contributed by atoms with van der Waals surface area (Å²) in [6.45, 7) is 8.41. The van der Waals surface area contributed by atoms with E-state index in [1.165, 1.54) is 44.9 Å². The topological polar surface area (TPSA) is 20.2 Å². The Hall–Kier alpha value is -0.300. The van der Waals surface area contributed by atoms with Crippen LogP contribution in [0.25, 0.3) is 0 Å². The van der Waals surface area contributed by atoms with Crippen molar-refractivity contribution in [1.29, 1.82) is 0 Å². The maximum atomic E-state index is 10.2. The van der Waals surface area contributed by atoms with E-state index in [0.29, 0.717) is 5.92 Å². The lowest BCUT2D eigenvalue weighted by Crippen LogP contribution is -2.27. The van der Waals surface area contributed by atoms with Gasteiger partial charge < -0.3 is 5.11 Å². The van der Waals surface area contributed by atoms with Crippen molar-refractivity contribution in [3.8, 4) is 0 Å². The van der Waals surface area contributed by atoms with Gasteiger partial charge in [-0.25, -0.2) is 0 Å². The molecule has 1 N–H and O–H groups in total. The van der Waals surface area contributed by atoms with E-state index in [-0.39, 0.29) is 6.10 Å². The SMILES string of the molecule is C=CCCCCCC(O)C1CCC(C(C)C)CC1. The van der Waals surface area contributed by atoms with Crippen molar-refractivity contribution >= 4 is 0 Å². The molecule has 1 aliphatic carbocycles. The van der Waals surface area contributed by atoms with Crippen LogP contribution in [0, 0.1) is 17.8 Å². The van der Waals surface area contributed by atoms with Crippen molar-refractivity contribution < 1.29 is 5.11 Å². The molecule has 18 heavy (non-hydrogen) atoms. The third-order valence-corrected chi connectivity index (χ3v) is 4.71. The predicted octanol–water partition coefficient (Wildman–Crippen LogP) is 4.95. The molecule has 1 nitrogen and oxygen atoms in total. The molecule has 1 saturated carbocycles. The summed E-state index contributed by atoms with van der Waals surface area (Å²) in [6.07, 6.45) is 12.9. The second-order valence-corrected chi connectivity index (χ2v) is 6.41. The third-order valence-electron chi connectivity index (χ3n) is 4.71. The third kappa shape index (κ3) is 5.56. The van der Waals surface area contributed by atoms with Crippen molar-refractivity contribution in [3.63, 3.8) is 0 Å². The van der Waals surface area contributed by atoms with E-state index in [4.69, 9.17) is 0 Å². The highest BCUT2D eigenvalue weighted by atomic mass is 16.3. The molecule has 0 aliphatic heterocycles. The first-order chi connectivity index (χ1) is 8.65. The van der Waals surface area contributed by atoms with E-state index < -0.39 is 0 Å². The first-order valence-electron chi connectivity index (χ1n) is 7.94. The number of unbranched alkanes of at least 4 members (excludes halogenated alkanes) is 3. The normalized spacial score (nSPS) is 26.2. The van der Waals surface area contributed by atoms with Crippen LogP contribution in [0.4, 0.5) is 0 Å². The average Bonchev–Trinajstić information content (AvgIpc) is 2.38. The lowest BCUT2D eigenvalue weighted by Gasteiger charge is -2.33. The van der Waals surface area contributed by atoms with Crippen molar-refractivity contribution in [1.82, 2.24) is 0 Å². The van der Waals surface area contributed by atoms with Crippen LogP contribution in [0.5, 0.6) is 0 Å². The van der Waals surface area contributed by atoms with Gasteiger partial charge in [0.25, 0.3) is 0 Å². The van der Waals surface area contributed by atoms with Gasteiger partial charge in [-0.2, -0.15) is 0 Å². The summed E-state index contributed by atoms with van der Waals surface area (Å²) in [5, 5.41) is 10.2. The first-order valence-corrected chi connectivity index (χ1v) is 7.94. The predicted molar refractivity (Wildman–Crippen MR) is 79.6 cm³/mol. The van der Waals surface area contributed by atoms with E-state index in [0.717, 1.165) is 24.7 Å². The minimum Gasteiger partial charge on any atom is -0.393 e. The Balaban J connectivity index is 2.11. The molecule has 1 unspecified atom stereocenters. The number of allylic oxidation sites excluding steroid dienone is 1. The monoisotopic (exact) mass is 252 g/mol. The number of rotatable bonds is 8. The molecule has 1 heteroatoms. The van der Waals surface area contributed by atoms with Gasteiger partial charge in [0, 0.05) is 0 Å². The zero-order valence-corrected chi connectivity index (χ0v) is 12.4. The lowest BCUT2D eigenvalue weighted by atomic mass is 9.74. The van der Waals surface area contributed by atoms with Crippen LogP contribution < -0.4 is 0 Å². The van der Waals surface area contributed by atoms with Gasteiger partial charge in [0.15, 0.2) is 0 Å². The van der Waals surface area contributed by atoms with E-state index in [2.05, 4.69) is 20.4 Å². The van der Waals surface area contributed by atoms with Gasteiger partial charge >= 0.3 is 0 Å². The number of hydrogen-bond acceptors (Lipinski definition) is 1. The summed E-state index contributed by atoms with van der Waals surface area (Å²) in [4.78, 5) is 0. The van der Waals surface area contributed by atoms with Crippen LogP contribution >= 0.6 is 0 Å². The van der Waals surface area contributed by atoms with Crippen LogP contribution in [0.15, 0.2) is 12.7 Å². The molecular formula is C17H32O. The Labute approximate surface area is 114 Å². The van der Waals surface area contributed by atoms with Gasteiger partial charge in [0.1, 0.15) is 0 Å². The molecule has 0 aromatic heterocycles. The molecule has 0 heterocycles. The average molecular weight is 252 g/mol. The molecule has 1 fully saturated rings. The molecule has 0 bridgehead atoms.